The summed E-state index contributed by atoms with van der Waals surface area (Å²) in [7, 11) is 0. The Morgan fingerprint density at radius 1 is 1.19 bits per heavy atom. The van der Waals surface area contributed by atoms with Crippen molar-refractivity contribution in [2.45, 2.75) is 0 Å². The Balaban J connectivity index is 2.39. The van der Waals surface area contributed by atoms with Gasteiger partial charge < -0.3 is 11.1 Å². The van der Waals surface area contributed by atoms with Crippen LogP contribution in [0.15, 0.2) is 40.9 Å². The van der Waals surface area contributed by atoms with Crippen molar-refractivity contribution < 1.29 is 13.6 Å². The number of anilines is 1. The second kappa shape index (κ2) is 6.28. The number of nitrogens with two attached hydrogens (primary N) is 1. The Morgan fingerprint density at radius 3 is 2.38 bits per heavy atom. The summed E-state index contributed by atoms with van der Waals surface area (Å²) >= 11 is 8.14. The molecule has 0 aliphatic carbocycles. The fraction of sp³-hybridized carbons (Fsp3) is 0. The van der Waals surface area contributed by atoms with Crippen LogP contribution in [0, 0.1) is 11.6 Å². The minimum Gasteiger partial charge on any atom is -0.389 e. The molecular formula is C14H9BrF2N2OS. The number of halogens is 3. The van der Waals surface area contributed by atoms with E-state index in [1.165, 1.54) is 12.1 Å². The molecule has 0 bridgehead atoms. The van der Waals surface area contributed by atoms with Crippen LogP contribution in [0.4, 0.5) is 14.5 Å². The van der Waals surface area contributed by atoms with Crippen LogP contribution in [0.1, 0.15) is 15.9 Å². The minimum absolute atomic E-state index is 0.0561. The van der Waals surface area contributed by atoms with Gasteiger partial charge in [-0.3, -0.25) is 4.79 Å². The van der Waals surface area contributed by atoms with Crippen molar-refractivity contribution in [2.75, 3.05) is 5.32 Å². The second-order valence-corrected chi connectivity index (χ2v) is 5.46. The van der Waals surface area contributed by atoms with E-state index < -0.39 is 23.1 Å². The fourth-order valence-corrected chi connectivity index (χ4v) is 2.26. The molecule has 0 radical (unpaired) electrons. The average molecular weight is 371 g/mol. The smallest absolute Gasteiger partial charge is 0.261 e. The van der Waals surface area contributed by atoms with Gasteiger partial charge in [-0.15, -0.1) is 0 Å². The summed E-state index contributed by atoms with van der Waals surface area (Å²) in [5.74, 6) is -2.80. The number of carbonyl (C=O) groups is 1. The van der Waals surface area contributed by atoms with E-state index in [4.69, 9.17) is 18.0 Å². The van der Waals surface area contributed by atoms with Gasteiger partial charge >= 0.3 is 0 Å². The van der Waals surface area contributed by atoms with Crippen LogP contribution in [0.25, 0.3) is 0 Å². The van der Waals surface area contributed by atoms with Gasteiger partial charge in [0, 0.05) is 10.0 Å². The van der Waals surface area contributed by atoms with Gasteiger partial charge in [-0.05, 0) is 30.3 Å². The van der Waals surface area contributed by atoms with Crippen LogP contribution < -0.4 is 11.1 Å². The lowest BCUT2D eigenvalue weighted by Crippen LogP contribution is -2.19. The van der Waals surface area contributed by atoms with E-state index in [-0.39, 0.29) is 10.7 Å². The predicted molar refractivity (Wildman–Crippen MR) is 84.3 cm³/mol. The van der Waals surface area contributed by atoms with E-state index >= 15 is 0 Å². The van der Waals surface area contributed by atoms with Gasteiger partial charge in [0.1, 0.15) is 22.2 Å². The van der Waals surface area contributed by atoms with Gasteiger partial charge in [0.2, 0.25) is 0 Å². The Hall–Kier alpha value is -1.86. The van der Waals surface area contributed by atoms with Crippen LogP contribution in [0.5, 0.6) is 0 Å². The number of carbonyl (C=O) groups excluding carboxylic acids is 1. The largest absolute Gasteiger partial charge is 0.389 e. The molecule has 0 aromatic heterocycles. The Labute approximate surface area is 133 Å². The third-order valence-electron chi connectivity index (χ3n) is 2.69. The summed E-state index contributed by atoms with van der Waals surface area (Å²) in [5.41, 5.74) is 5.58. The van der Waals surface area contributed by atoms with Gasteiger partial charge in [-0.2, -0.15) is 0 Å². The van der Waals surface area contributed by atoms with Crippen molar-refractivity contribution in [3.05, 3.63) is 63.6 Å². The molecule has 108 valence electrons. The highest BCUT2D eigenvalue weighted by molar-refractivity contribution is 9.10. The topological polar surface area (TPSA) is 55.1 Å². The summed E-state index contributed by atoms with van der Waals surface area (Å²) in [6.07, 6.45) is 0. The quantitative estimate of drug-likeness (QED) is 0.811. The highest BCUT2D eigenvalue weighted by Gasteiger charge is 2.18. The van der Waals surface area contributed by atoms with Crippen molar-refractivity contribution >= 4 is 44.7 Å². The van der Waals surface area contributed by atoms with Gasteiger partial charge in [-0.1, -0.05) is 34.2 Å². The number of nitrogens with one attached hydrogen (secondary N) is 1. The van der Waals surface area contributed by atoms with Gasteiger partial charge in [-0.25, -0.2) is 8.78 Å². The van der Waals surface area contributed by atoms with Crippen molar-refractivity contribution in [3.63, 3.8) is 0 Å². The molecule has 21 heavy (non-hydrogen) atoms. The lowest BCUT2D eigenvalue weighted by Gasteiger charge is -2.11. The maximum atomic E-state index is 13.6. The Bertz CT molecular complexity index is 717. The molecule has 1 amide bonds. The third kappa shape index (κ3) is 3.43. The zero-order chi connectivity index (χ0) is 15.6. The van der Waals surface area contributed by atoms with Crippen molar-refractivity contribution in [3.8, 4) is 0 Å². The number of amides is 1. The molecule has 0 spiro atoms. The zero-order valence-electron chi connectivity index (χ0n) is 10.5. The first-order valence-electron chi connectivity index (χ1n) is 5.75. The van der Waals surface area contributed by atoms with Gasteiger partial charge in [0.15, 0.2) is 0 Å². The van der Waals surface area contributed by atoms with E-state index in [9.17, 15) is 13.6 Å². The minimum atomic E-state index is -0.943. The predicted octanol–water partition coefficient (Wildman–Crippen LogP) is 3.61. The summed E-state index contributed by atoms with van der Waals surface area (Å²) in [6, 6.07) is 7.99. The molecule has 3 nitrogen and oxygen atoms in total. The highest BCUT2D eigenvalue weighted by atomic mass is 79.9. The Kier molecular flexibility index (Phi) is 4.64. The van der Waals surface area contributed by atoms with E-state index in [2.05, 4.69) is 21.2 Å². The normalized spacial score (nSPS) is 10.2. The number of hydrogen-bond donors (Lipinski definition) is 2. The van der Waals surface area contributed by atoms with Crippen LogP contribution >= 0.6 is 28.1 Å². The molecule has 0 unspecified atom stereocenters. The molecule has 0 saturated heterocycles. The van der Waals surface area contributed by atoms with Crippen LogP contribution in [0.2, 0.25) is 0 Å². The lowest BCUT2D eigenvalue weighted by atomic mass is 10.1. The summed E-state index contributed by atoms with van der Waals surface area (Å²) in [6.45, 7) is 0. The first kappa shape index (κ1) is 15.5. The maximum Gasteiger partial charge on any atom is 0.261 e. The molecule has 2 aromatic rings. The average Bonchev–Trinajstić information content (AvgIpc) is 2.40. The van der Waals surface area contributed by atoms with Crippen LogP contribution in [-0.2, 0) is 0 Å². The molecule has 2 rings (SSSR count). The summed E-state index contributed by atoms with van der Waals surface area (Å²) in [4.78, 5) is 12.1. The molecule has 0 atom stereocenters. The number of benzene rings is 2. The van der Waals surface area contributed by atoms with Crippen molar-refractivity contribution in [1.29, 1.82) is 0 Å². The standard InChI is InChI=1S/C14H9BrF2N2OS/c15-7-4-5-11(8(6-7)13(18)21)19-14(20)12-9(16)2-1-3-10(12)17/h1-6H,(H2,18,21)(H,19,20). The van der Waals surface area contributed by atoms with Crippen molar-refractivity contribution in [1.82, 2.24) is 0 Å². The van der Waals surface area contributed by atoms with Crippen LogP contribution in [-0.4, -0.2) is 10.9 Å². The maximum absolute atomic E-state index is 13.6. The van der Waals surface area contributed by atoms with Crippen molar-refractivity contribution in [2.24, 2.45) is 5.73 Å². The zero-order valence-corrected chi connectivity index (χ0v) is 12.9. The number of rotatable bonds is 3. The molecule has 0 fully saturated rings. The molecule has 2 aromatic carbocycles. The molecule has 7 heteroatoms. The fourth-order valence-electron chi connectivity index (χ4n) is 1.73. The number of thiocarbonyl (C=S) groups is 1. The van der Waals surface area contributed by atoms with E-state index in [1.54, 1.807) is 12.1 Å². The first-order valence-corrected chi connectivity index (χ1v) is 6.95. The van der Waals surface area contributed by atoms with E-state index in [0.29, 0.717) is 10.0 Å². The SMILES string of the molecule is NC(=S)c1cc(Br)ccc1NC(=O)c1c(F)cccc1F. The van der Waals surface area contributed by atoms with E-state index in [0.717, 1.165) is 12.1 Å². The summed E-state index contributed by atoms with van der Waals surface area (Å²) in [5, 5.41) is 2.41. The molecule has 3 N–H and O–H groups in total. The molecule has 0 aliphatic heterocycles. The lowest BCUT2D eigenvalue weighted by molar-refractivity contribution is 0.101. The molecule has 0 aliphatic rings. The molecular weight excluding hydrogens is 362 g/mol. The van der Waals surface area contributed by atoms with Crippen LogP contribution in [0.3, 0.4) is 0 Å². The van der Waals surface area contributed by atoms with E-state index in [1.807, 2.05) is 0 Å². The second-order valence-electron chi connectivity index (χ2n) is 4.10. The molecule has 0 saturated carbocycles. The number of hydrogen-bond acceptors (Lipinski definition) is 2. The Morgan fingerprint density at radius 2 is 1.81 bits per heavy atom. The third-order valence-corrected chi connectivity index (χ3v) is 3.40. The monoisotopic (exact) mass is 370 g/mol. The first-order chi connectivity index (χ1) is 9.90. The highest BCUT2D eigenvalue weighted by Crippen LogP contribution is 2.22. The van der Waals surface area contributed by atoms with Gasteiger partial charge in [0.05, 0.1) is 5.69 Å². The summed E-state index contributed by atoms with van der Waals surface area (Å²) < 4.78 is 27.8. The molecule has 0 heterocycles. The van der Waals surface area contributed by atoms with Gasteiger partial charge in [0.25, 0.3) is 5.91 Å².